The molecule has 0 atom stereocenters. The summed E-state index contributed by atoms with van der Waals surface area (Å²) in [6.07, 6.45) is 5.29. The van der Waals surface area contributed by atoms with Gasteiger partial charge < -0.3 is 5.32 Å². The largest absolute Gasteiger partial charge is 0.325 e. The fourth-order valence-electron chi connectivity index (χ4n) is 1.92. The molecule has 0 bridgehead atoms. The molecule has 4 nitrogen and oxygen atoms in total. The van der Waals surface area contributed by atoms with E-state index in [1.54, 1.807) is 0 Å². The molecule has 92 valence electrons. The summed E-state index contributed by atoms with van der Waals surface area (Å²) >= 11 is 0. The number of hydrogen-bond donors (Lipinski definition) is 3. The normalized spacial score (nSPS) is 16.4. The van der Waals surface area contributed by atoms with E-state index in [9.17, 15) is 0 Å². The summed E-state index contributed by atoms with van der Waals surface area (Å²) in [5, 5.41) is 3.15. The van der Waals surface area contributed by atoms with Gasteiger partial charge in [0.2, 0.25) is 5.96 Å². The van der Waals surface area contributed by atoms with Crippen LogP contribution in [0.25, 0.3) is 0 Å². The van der Waals surface area contributed by atoms with Gasteiger partial charge in [-0.25, -0.2) is 5.84 Å². The lowest BCUT2D eigenvalue weighted by Crippen LogP contribution is -2.36. The van der Waals surface area contributed by atoms with E-state index in [4.69, 9.17) is 5.84 Å². The number of hydrogen-bond acceptors (Lipinski definition) is 2. The highest BCUT2D eigenvalue weighted by Gasteiger charge is 2.16. The average molecular weight is 232 g/mol. The summed E-state index contributed by atoms with van der Waals surface area (Å²) < 4.78 is 0. The van der Waals surface area contributed by atoms with Crippen molar-refractivity contribution in [3.8, 4) is 0 Å². The molecule has 0 spiro atoms. The first-order valence-corrected chi connectivity index (χ1v) is 6.21. The number of nitrogens with two attached hydrogens (primary N) is 1. The van der Waals surface area contributed by atoms with Crippen LogP contribution in [0.4, 0.5) is 5.69 Å². The average Bonchev–Trinajstić information content (AvgIpc) is 2.32. The Morgan fingerprint density at radius 1 is 1.29 bits per heavy atom. The highest BCUT2D eigenvalue weighted by atomic mass is 15.3. The fourth-order valence-corrected chi connectivity index (χ4v) is 1.92. The van der Waals surface area contributed by atoms with Crippen molar-refractivity contribution in [1.29, 1.82) is 0 Å². The lowest BCUT2D eigenvalue weighted by molar-refractivity contribution is 0.300. The van der Waals surface area contributed by atoms with E-state index in [0.717, 1.165) is 18.2 Å². The molecule has 1 saturated carbocycles. The molecule has 4 N–H and O–H groups in total. The van der Waals surface area contributed by atoms with Gasteiger partial charge in [-0.3, -0.25) is 10.4 Å². The SMILES string of the molecule is NNC(=NCCC1CCC1)Nc1ccccc1. The van der Waals surface area contributed by atoms with E-state index in [2.05, 4.69) is 15.7 Å². The second-order valence-corrected chi connectivity index (χ2v) is 4.45. The van der Waals surface area contributed by atoms with Crippen molar-refractivity contribution < 1.29 is 0 Å². The minimum absolute atomic E-state index is 0.635. The highest BCUT2D eigenvalue weighted by molar-refractivity contribution is 5.93. The standard InChI is InChI=1S/C13H20N4/c14-17-13(15-10-9-11-5-4-6-11)16-12-7-2-1-3-8-12/h1-3,7-8,11H,4-6,9-10,14H2,(H2,15,16,17). The van der Waals surface area contributed by atoms with E-state index in [-0.39, 0.29) is 0 Å². The van der Waals surface area contributed by atoms with E-state index in [1.165, 1.54) is 25.7 Å². The summed E-state index contributed by atoms with van der Waals surface area (Å²) in [5.41, 5.74) is 3.59. The van der Waals surface area contributed by atoms with Gasteiger partial charge in [0.1, 0.15) is 0 Å². The smallest absolute Gasteiger partial charge is 0.210 e. The maximum Gasteiger partial charge on any atom is 0.210 e. The van der Waals surface area contributed by atoms with Crippen molar-refractivity contribution in [2.45, 2.75) is 25.7 Å². The van der Waals surface area contributed by atoms with Crippen molar-refractivity contribution in [3.63, 3.8) is 0 Å². The minimum atomic E-state index is 0.635. The van der Waals surface area contributed by atoms with Crippen molar-refractivity contribution >= 4 is 11.6 Å². The van der Waals surface area contributed by atoms with Crippen LogP contribution in [-0.4, -0.2) is 12.5 Å². The van der Waals surface area contributed by atoms with E-state index in [0.29, 0.717) is 5.96 Å². The Kier molecular flexibility index (Phi) is 4.38. The fraction of sp³-hybridized carbons (Fsp3) is 0.462. The Labute approximate surface area is 102 Å². The quantitative estimate of drug-likeness (QED) is 0.322. The third-order valence-corrected chi connectivity index (χ3v) is 3.21. The zero-order chi connectivity index (χ0) is 11.9. The molecule has 0 heterocycles. The molecule has 4 heteroatoms. The zero-order valence-corrected chi connectivity index (χ0v) is 10.0. The van der Waals surface area contributed by atoms with E-state index < -0.39 is 0 Å². The Morgan fingerprint density at radius 2 is 2.06 bits per heavy atom. The highest BCUT2D eigenvalue weighted by Crippen LogP contribution is 2.29. The third-order valence-electron chi connectivity index (χ3n) is 3.21. The molecule has 0 unspecified atom stereocenters. The van der Waals surface area contributed by atoms with Crippen molar-refractivity contribution in [1.82, 2.24) is 5.43 Å². The third kappa shape index (κ3) is 3.75. The van der Waals surface area contributed by atoms with Crippen LogP contribution < -0.4 is 16.6 Å². The van der Waals surface area contributed by atoms with Crippen LogP contribution in [0.15, 0.2) is 35.3 Å². The number of nitrogens with one attached hydrogen (secondary N) is 2. The van der Waals surface area contributed by atoms with Crippen molar-refractivity contribution in [2.24, 2.45) is 16.8 Å². The number of rotatable bonds is 4. The summed E-state index contributed by atoms with van der Waals surface area (Å²) in [5.74, 6) is 6.96. The van der Waals surface area contributed by atoms with E-state index >= 15 is 0 Å². The van der Waals surface area contributed by atoms with Crippen LogP contribution in [-0.2, 0) is 0 Å². The van der Waals surface area contributed by atoms with Gasteiger partial charge in [0.15, 0.2) is 0 Å². The van der Waals surface area contributed by atoms with Gasteiger partial charge in [0, 0.05) is 12.2 Å². The van der Waals surface area contributed by atoms with Crippen LogP contribution >= 0.6 is 0 Å². The Bertz CT molecular complexity index is 357. The summed E-state index contributed by atoms with van der Waals surface area (Å²) in [6.45, 7) is 0.837. The molecule has 0 aromatic heterocycles. The molecule has 0 amide bonds. The Hall–Kier alpha value is -1.55. The van der Waals surface area contributed by atoms with Gasteiger partial charge in [-0.15, -0.1) is 0 Å². The van der Waals surface area contributed by atoms with Crippen LogP contribution in [0.3, 0.4) is 0 Å². The summed E-state index contributed by atoms with van der Waals surface area (Å²) in [6, 6.07) is 9.90. The maximum absolute atomic E-state index is 5.44. The zero-order valence-electron chi connectivity index (χ0n) is 10.0. The van der Waals surface area contributed by atoms with E-state index in [1.807, 2.05) is 30.3 Å². The number of aliphatic imine (C=N–C) groups is 1. The predicted molar refractivity (Wildman–Crippen MR) is 71.6 cm³/mol. The maximum atomic E-state index is 5.44. The lowest BCUT2D eigenvalue weighted by Gasteiger charge is -2.24. The minimum Gasteiger partial charge on any atom is -0.325 e. The first-order valence-electron chi connectivity index (χ1n) is 6.21. The first kappa shape index (κ1) is 11.9. The number of para-hydroxylation sites is 1. The van der Waals surface area contributed by atoms with Crippen LogP contribution in [0.2, 0.25) is 0 Å². The molecule has 1 aliphatic carbocycles. The number of hydrazine groups is 1. The molecule has 0 saturated heterocycles. The van der Waals surface area contributed by atoms with Gasteiger partial charge in [-0.1, -0.05) is 37.5 Å². The molecule has 17 heavy (non-hydrogen) atoms. The topological polar surface area (TPSA) is 62.4 Å². The monoisotopic (exact) mass is 232 g/mol. The number of nitrogens with zero attached hydrogens (tertiary/aromatic N) is 1. The second-order valence-electron chi connectivity index (χ2n) is 4.45. The molecular formula is C13H20N4. The molecule has 0 aliphatic heterocycles. The molecule has 1 aliphatic rings. The van der Waals surface area contributed by atoms with Crippen LogP contribution in [0.5, 0.6) is 0 Å². The summed E-state index contributed by atoms with van der Waals surface area (Å²) in [4.78, 5) is 4.43. The molecule has 1 aromatic carbocycles. The number of anilines is 1. The van der Waals surface area contributed by atoms with Crippen LogP contribution in [0, 0.1) is 5.92 Å². The molecule has 1 fully saturated rings. The second kappa shape index (κ2) is 6.25. The van der Waals surface area contributed by atoms with Gasteiger partial charge >= 0.3 is 0 Å². The van der Waals surface area contributed by atoms with Gasteiger partial charge in [0.05, 0.1) is 0 Å². The predicted octanol–water partition coefficient (Wildman–Crippen LogP) is 2.11. The Morgan fingerprint density at radius 3 is 2.65 bits per heavy atom. The first-order chi connectivity index (χ1) is 8.38. The molecular weight excluding hydrogens is 212 g/mol. The van der Waals surface area contributed by atoms with Crippen molar-refractivity contribution in [2.75, 3.05) is 11.9 Å². The molecule has 0 radical (unpaired) electrons. The Balaban J connectivity index is 1.80. The van der Waals surface area contributed by atoms with Crippen molar-refractivity contribution in [3.05, 3.63) is 30.3 Å². The number of guanidine groups is 1. The molecule has 1 aromatic rings. The van der Waals surface area contributed by atoms with Gasteiger partial charge in [-0.05, 0) is 24.5 Å². The van der Waals surface area contributed by atoms with Gasteiger partial charge in [-0.2, -0.15) is 0 Å². The molecule has 2 rings (SSSR count). The van der Waals surface area contributed by atoms with Gasteiger partial charge in [0.25, 0.3) is 0 Å². The number of benzene rings is 1. The van der Waals surface area contributed by atoms with Crippen LogP contribution in [0.1, 0.15) is 25.7 Å². The lowest BCUT2D eigenvalue weighted by atomic mass is 9.83. The summed E-state index contributed by atoms with van der Waals surface area (Å²) in [7, 11) is 0.